The van der Waals surface area contributed by atoms with Crippen molar-refractivity contribution in [1.82, 2.24) is 15.5 Å². The number of ether oxygens (including phenoxy) is 1. The van der Waals surface area contributed by atoms with Gasteiger partial charge >= 0.3 is 12.2 Å². The predicted octanol–water partition coefficient (Wildman–Crippen LogP) is 3.25. The van der Waals surface area contributed by atoms with Crippen molar-refractivity contribution < 1.29 is 22.7 Å². The van der Waals surface area contributed by atoms with E-state index >= 15 is 0 Å². The third-order valence-electron chi connectivity index (χ3n) is 2.44. The highest BCUT2D eigenvalue weighted by atomic mass is 19.4. The molecule has 0 saturated carbocycles. The summed E-state index contributed by atoms with van der Waals surface area (Å²) < 4.78 is 43.5. The Bertz CT molecular complexity index is 650. The number of rotatable bonds is 2. The average Bonchev–Trinajstić information content (AvgIpc) is 2.69. The Kier molecular flexibility index (Phi) is 3.39. The highest BCUT2D eigenvalue weighted by Gasteiger charge is 2.30. The van der Waals surface area contributed by atoms with Gasteiger partial charge in [0.25, 0.3) is 0 Å². The number of aromatic nitrogens is 2. The fourth-order valence-electron chi connectivity index (χ4n) is 1.56. The number of carbonyl (C=O) groups is 1. The SMILES string of the molecule is Cc1cc(Oc2cccc(C(F)(F)F)c2)nn1C([NH])=O. The van der Waals surface area contributed by atoms with Gasteiger partial charge in [0.05, 0.1) is 11.3 Å². The van der Waals surface area contributed by atoms with Crippen molar-refractivity contribution in [3.63, 3.8) is 0 Å². The van der Waals surface area contributed by atoms with Gasteiger partial charge in [0.15, 0.2) is 0 Å². The maximum absolute atomic E-state index is 12.5. The Balaban J connectivity index is 2.26. The summed E-state index contributed by atoms with van der Waals surface area (Å²) in [7, 11) is 0. The van der Waals surface area contributed by atoms with Crippen LogP contribution in [0.5, 0.6) is 11.6 Å². The van der Waals surface area contributed by atoms with Crippen molar-refractivity contribution in [2.45, 2.75) is 13.1 Å². The van der Waals surface area contributed by atoms with Gasteiger partial charge in [0, 0.05) is 6.07 Å². The molecular weight excluding hydrogens is 275 g/mol. The molecule has 8 heteroatoms. The molecule has 0 aliphatic rings. The molecule has 1 radical (unpaired) electrons. The first kappa shape index (κ1) is 13.9. The topological polar surface area (TPSA) is 67.9 Å². The first-order chi connectivity index (χ1) is 9.27. The van der Waals surface area contributed by atoms with Gasteiger partial charge in [0.1, 0.15) is 5.75 Å². The number of nitrogens with zero attached hydrogens (tertiary/aromatic N) is 2. The third kappa shape index (κ3) is 2.90. The summed E-state index contributed by atoms with van der Waals surface area (Å²) in [5, 5.41) is 3.67. The van der Waals surface area contributed by atoms with Crippen molar-refractivity contribution in [2.24, 2.45) is 0 Å². The Hall–Kier alpha value is -2.51. The summed E-state index contributed by atoms with van der Waals surface area (Å²) in [4.78, 5) is 10.9. The van der Waals surface area contributed by atoms with Crippen LogP contribution in [0.15, 0.2) is 30.3 Å². The Morgan fingerprint density at radius 2 is 2.05 bits per heavy atom. The minimum absolute atomic E-state index is 0.0533. The van der Waals surface area contributed by atoms with E-state index in [1.807, 2.05) is 0 Å². The van der Waals surface area contributed by atoms with E-state index < -0.39 is 17.8 Å². The molecule has 2 aromatic rings. The predicted molar refractivity (Wildman–Crippen MR) is 62.4 cm³/mol. The van der Waals surface area contributed by atoms with E-state index in [2.05, 4.69) is 5.10 Å². The lowest BCUT2D eigenvalue weighted by molar-refractivity contribution is -0.137. The van der Waals surface area contributed by atoms with Gasteiger partial charge in [-0.3, -0.25) is 0 Å². The summed E-state index contributed by atoms with van der Waals surface area (Å²) >= 11 is 0. The number of hydrogen-bond donors (Lipinski definition) is 0. The summed E-state index contributed by atoms with van der Waals surface area (Å²) in [6.07, 6.45) is -4.47. The summed E-state index contributed by atoms with van der Waals surface area (Å²) in [6, 6.07) is 4.60. The van der Waals surface area contributed by atoms with E-state index in [4.69, 9.17) is 10.5 Å². The van der Waals surface area contributed by atoms with Crippen LogP contribution in [0.2, 0.25) is 0 Å². The van der Waals surface area contributed by atoms with Crippen molar-refractivity contribution in [3.8, 4) is 11.6 Å². The summed E-state index contributed by atoms with van der Waals surface area (Å²) in [5.41, 5.74) is 6.43. The Morgan fingerprint density at radius 3 is 2.60 bits per heavy atom. The number of aryl methyl sites for hydroxylation is 1. The average molecular weight is 284 g/mol. The van der Waals surface area contributed by atoms with E-state index in [0.717, 1.165) is 16.8 Å². The molecule has 1 amide bonds. The molecule has 0 bridgehead atoms. The fourth-order valence-corrected chi connectivity index (χ4v) is 1.56. The zero-order chi connectivity index (χ0) is 14.9. The number of benzene rings is 1. The Labute approximate surface area is 111 Å². The van der Waals surface area contributed by atoms with Crippen LogP contribution in [0, 0.1) is 6.92 Å². The summed E-state index contributed by atoms with van der Waals surface area (Å²) in [6.45, 7) is 1.53. The molecule has 5 nitrogen and oxygen atoms in total. The minimum Gasteiger partial charge on any atom is -0.438 e. The van der Waals surface area contributed by atoms with Crippen LogP contribution in [-0.2, 0) is 6.18 Å². The number of hydrogen-bond acceptors (Lipinski definition) is 3. The molecule has 0 aliphatic heterocycles. The zero-order valence-corrected chi connectivity index (χ0v) is 10.2. The number of nitrogens with one attached hydrogen (secondary N) is 1. The molecule has 1 aromatic heterocycles. The molecule has 0 spiro atoms. The molecule has 0 fully saturated rings. The number of carbonyl (C=O) groups excluding carboxylic acids is 1. The second-order valence-corrected chi connectivity index (χ2v) is 3.97. The monoisotopic (exact) mass is 284 g/mol. The van der Waals surface area contributed by atoms with Gasteiger partial charge in [-0.1, -0.05) is 6.07 Å². The molecule has 1 N–H and O–H groups in total. The second-order valence-electron chi connectivity index (χ2n) is 3.97. The number of alkyl halides is 3. The molecule has 0 unspecified atom stereocenters. The van der Waals surface area contributed by atoms with Crippen LogP contribution >= 0.6 is 0 Å². The van der Waals surface area contributed by atoms with Crippen molar-refractivity contribution in [2.75, 3.05) is 0 Å². The van der Waals surface area contributed by atoms with E-state index in [9.17, 15) is 18.0 Å². The van der Waals surface area contributed by atoms with Crippen LogP contribution in [-0.4, -0.2) is 15.8 Å². The molecule has 2 rings (SSSR count). The van der Waals surface area contributed by atoms with Gasteiger partial charge in [-0.2, -0.15) is 17.9 Å². The smallest absolute Gasteiger partial charge is 0.416 e. The van der Waals surface area contributed by atoms with Crippen LogP contribution < -0.4 is 10.5 Å². The molecule has 1 heterocycles. The molecular formula is C12H9F3N3O2. The van der Waals surface area contributed by atoms with Crippen molar-refractivity contribution in [3.05, 3.63) is 41.6 Å². The van der Waals surface area contributed by atoms with Gasteiger partial charge in [-0.15, -0.1) is 5.10 Å². The zero-order valence-electron chi connectivity index (χ0n) is 10.2. The van der Waals surface area contributed by atoms with E-state index in [1.165, 1.54) is 25.1 Å². The minimum atomic E-state index is -4.47. The van der Waals surface area contributed by atoms with Crippen LogP contribution in [0.1, 0.15) is 11.3 Å². The Morgan fingerprint density at radius 1 is 1.35 bits per heavy atom. The number of amides is 1. The van der Waals surface area contributed by atoms with Crippen molar-refractivity contribution >= 4 is 6.03 Å². The van der Waals surface area contributed by atoms with Crippen molar-refractivity contribution in [1.29, 1.82) is 0 Å². The largest absolute Gasteiger partial charge is 0.438 e. The lowest BCUT2D eigenvalue weighted by Gasteiger charge is -2.08. The maximum Gasteiger partial charge on any atom is 0.416 e. The van der Waals surface area contributed by atoms with Crippen LogP contribution in [0.3, 0.4) is 0 Å². The maximum atomic E-state index is 12.5. The second kappa shape index (κ2) is 4.87. The van der Waals surface area contributed by atoms with Crippen LogP contribution in [0.25, 0.3) is 0 Å². The number of halogens is 3. The van der Waals surface area contributed by atoms with Gasteiger partial charge in [-0.25, -0.2) is 10.5 Å². The molecule has 0 aliphatic carbocycles. The van der Waals surface area contributed by atoms with Gasteiger partial charge in [0.2, 0.25) is 5.88 Å². The lowest BCUT2D eigenvalue weighted by Crippen LogP contribution is -2.13. The molecule has 1 aromatic carbocycles. The van der Waals surface area contributed by atoms with Gasteiger partial charge in [-0.05, 0) is 25.1 Å². The standard InChI is InChI=1S/C12H9F3N3O2/c1-7-5-10(17-18(7)11(16)19)20-9-4-2-3-8(6-9)12(13,14)15/h2-6,16H,1H3. The quantitative estimate of drug-likeness (QED) is 0.850. The molecule has 20 heavy (non-hydrogen) atoms. The lowest BCUT2D eigenvalue weighted by atomic mass is 10.2. The van der Waals surface area contributed by atoms with E-state index in [-0.39, 0.29) is 11.6 Å². The van der Waals surface area contributed by atoms with E-state index in [0.29, 0.717) is 5.69 Å². The van der Waals surface area contributed by atoms with Gasteiger partial charge < -0.3 is 4.74 Å². The molecule has 0 atom stereocenters. The highest BCUT2D eigenvalue weighted by Crippen LogP contribution is 2.32. The normalized spacial score (nSPS) is 11.4. The molecule has 0 saturated heterocycles. The first-order valence-corrected chi connectivity index (χ1v) is 5.45. The van der Waals surface area contributed by atoms with Crippen LogP contribution in [0.4, 0.5) is 18.0 Å². The first-order valence-electron chi connectivity index (χ1n) is 5.45. The fraction of sp³-hybridized carbons (Fsp3) is 0.167. The van der Waals surface area contributed by atoms with E-state index in [1.54, 1.807) is 0 Å². The molecule has 105 valence electrons. The third-order valence-corrected chi connectivity index (χ3v) is 2.44. The highest BCUT2D eigenvalue weighted by molar-refractivity contribution is 5.73. The summed E-state index contributed by atoms with van der Waals surface area (Å²) in [5.74, 6) is -0.107.